The summed E-state index contributed by atoms with van der Waals surface area (Å²) in [6.07, 6.45) is -0.222. The molecule has 0 saturated carbocycles. The van der Waals surface area contributed by atoms with Crippen LogP contribution in [-0.2, 0) is 20.5 Å². The van der Waals surface area contributed by atoms with Crippen molar-refractivity contribution in [1.29, 1.82) is 0 Å². The summed E-state index contributed by atoms with van der Waals surface area (Å²) in [7, 11) is -0.223. The topological polar surface area (TPSA) is 27.7 Å². The molecule has 2 aromatic rings. The van der Waals surface area contributed by atoms with Crippen molar-refractivity contribution >= 4 is 8.32 Å². The Morgan fingerprint density at radius 3 is 2.12 bits per heavy atom. The second-order valence-corrected chi connectivity index (χ2v) is 15.9. The van der Waals surface area contributed by atoms with E-state index in [1.807, 2.05) is 24.3 Å². The Hall–Kier alpha value is -1.53. The van der Waals surface area contributed by atoms with Crippen LogP contribution < -0.4 is 0 Å². The predicted octanol–water partition coefficient (Wildman–Crippen LogP) is 7.76. The first-order chi connectivity index (χ1) is 14.8. The number of methoxy groups -OCH3 is 1. The molecule has 32 heavy (non-hydrogen) atoms. The van der Waals surface area contributed by atoms with Gasteiger partial charge in [0.15, 0.2) is 8.32 Å². The Labute approximate surface area is 195 Å². The molecule has 0 unspecified atom stereocenters. The molecule has 0 heterocycles. The van der Waals surface area contributed by atoms with Gasteiger partial charge in [-0.3, -0.25) is 0 Å². The van der Waals surface area contributed by atoms with Crippen LogP contribution in [0.15, 0.2) is 42.5 Å². The molecule has 0 radical (unpaired) electrons. The molecule has 0 fully saturated rings. The summed E-state index contributed by atoms with van der Waals surface area (Å²) in [5.41, 5.74) is 3.32. The highest BCUT2D eigenvalue weighted by atomic mass is 28.4. The SMILES string of the molecule is COCCO[C@H](c1cc(CO[Si](C)(C)C(C)(C)C)ccc1-c1ccccc1F)C(C)(C)C. The number of rotatable bonds is 9. The standard InChI is InChI=1S/C27H41FO3Si/c1-26(2,3)25(30-17-16-29-7)23-18-20(19-31-32(8,9)27(4,5)6)14-15-21(23)22-12-10-11-13-24(22)28/h10-15,18,25H,16-17,19H2,1-9H3/t25-/m1/s1. The van der Waals surface area contributed by atoms with Gasteiger partial charge in [-0.15, -0.1) is 0 Å². The van der Waals surface area contributed by atoms with Gasteiger partial charge in [0.05, 0.1) is 25.9 Å². The van der Waals surface area contributed by atoms with Crippen LogP contribution in [0.2, 0.25) is 18.1 Å². The van der Waals surface area contributed by atoms with E-state index in [0.717, 1.165) is 16.7 Å². The lowest BCUT2D eigenvalue weighted by atomic mass is 9.81. The zero-order valence-corrected chi connectivity index (χ0v) is 22.3. The van der Waals surface area contributed by atoms with Gasteiger partial charge in [0.2, 0.25) is 0 Å². The van der Waals surface area contributed by atoms with E-state index in [1.165, 1.54) is 6.07 Å². The summed E-state index contributed by atoms with van der Waals surface area (Å²) < 4.78 is 32.8. The van der Waals surface area contributed by atoms with E-state index in [0.29, 0.717) is 25.4 Å². The summed E-state index contributed by atoms with van der Waals surface area (Å²) in [5.74, 6) is -0.233. The highest BCUT2D eigenvalue weighted by molar-refractivity contribution is 6.74. The van der Waals surface area contributed by atoms with Gasteiger partial charge in [0.1, 0.15) is 5.82 Å². The molecule has 0 bridgehead atoms. The third kappa shape index (κ3) is 6.74. The van der Waals surface area contributed by atoms with Crippen molar-refractivity contribution in [2.45, 2.75) is 72.4 Å². The van der Waals surface area contributed by atoms with E-state index in [1.54, 1.807) is 13.2 Å². The zero-order valence-electron chi connectivity index (χ0n) is 21.3. The van der Waals surface area contributed by atoms with Crippen molar-refractivity contribution in [3.8, 4) is 11.1 Å². The fourth-order valence-corrected chi connectivity index (χ4v) is 4.34. The van der Waals surface area contributed by atoms with Gasteiger partial charge in [-0.2, -0.15) is 0 Å². The first-order valence-corrected chi connectivity index (χ1v) is 14.3. The van der Waals surface area contributed by atoms with E-state index >= 15 is 0 Å². The minimum Gasteiger partial charge on any atom is -0.413 e. The largest absolute Gasteiger partial charge is 0.413 e. The zero-order chi connectivity index (χ0) is 24.2. The maximum Gasteiger partial charge on any atom is 0.192 e. The van der Waals surface area contributed by atoms with E-state index in [9.17, 15) is 4.39 Å². The van der Waals surface area contributed by atoms with Gasteiger partial charge in [-0.05, 0) is 46.3 Å². The van der Waals surface area contributed by atoms with E-state index in [2.05, 4.69) is 60.7 Å². The Morgan fingerprint density at radius 1 is 0.906 bits per heavy atom. The lowest BCUT2D eigenvalue weighted by Gasteiger charge is -2.36. The van der Waals surface area contributed by atoms with Crippen molar-refractivity contribution in [3.63, 3.8) is 0 Å². The monoisotopic (exact) mass is 460 g/mol. The van der Waals surface area contributed by atoms with Gasteiger partial charge < -0.3 is 13.9 Å². The Kier molecular flexibility index (Phi) is 8.85. The summed E-state index contributed by atoms with van der Waals surface area (Å²) in [6.45, 7) is 19.2. The molecule has 0 aliphatic rings. The van der Waals surface area contributed by atoms with Crippen molar-refractivity contribution in [2.75, 3.05) is 20.3 Å². The first kappa shape index (κ1) is 26.7. The fourth-order valence-electron chi connectivity index (χ4n) is 3.38. The smallest absolute Gasteiger partial charge is 0.192 e. The molecule has 178 valence electrons. The summed E-state index contributed by atoms with van der Waals surface area (Å²) in [5, 5.41) is 0.139. The molecule has 0 aliphatic carbocycles. The van der Waals surface area contributed by atoms with Gasteiger partial charge in [-0.1, -0.05) is 77.9 Å². The molecule has 0 amide bonds. The number of hydrogen-bond donors (Lipinski definition) is 0. The lowest BCUT2D eigenvalue weighted by Crippen LogP contribution is -2.40. The minimum atomic E-state index is -1.89. The van der Waals surface area contributed by atoms with Crippen molar-refractivity contribution in [3.05, 3.63) is 59.4 Å². The Bertz CT molecular complexity index is 881. The molecule has 0 aromatic heterocycles. The molecule has 0 N–H and O–H groups in total. The van der Waals surface area contributed by atoms with Gasteiger partial charge in [-0.25, -0.2) is 4.39 Å². The molecule has 3 nitrogen and oxygen atoms in total. The molecule has 2 aromatic carbocycles. The second kappa shape index (κ2) is 10.6. The average molecular weight is 461 g/mol. The molecule has 2 rings (SSSR count). The average Bonchev–Trinajstić information content (AvgIpc) is 2.68. The van der Waals surface area contributed by atoms with Crippen LogP contribution in [0.1, 0.15) is 58.8 Å². The van der Waals surface area contributed by atoms with Crippen molar-refractivity contribution < 1.29 is 18.3 Å². The quantitative estimate of drug-likeness (QED) is 0.283. The fraction of sp³-hybridized carbons (Fsp3) is 0.556. The Morgan fingerprint density at radius 2 is 1.56 bits per heavy atom. The molecule has 1 atom stereocenters. The highest BCUT2D eigenvalue weighted by Gasteiger charge is 2.37. The summed E-state index contributed by atoms with van der Waals surface area (Å²) in [4.78, 5) is 0. The van der Waals surface area contributed by atoms with Crippen LogP contribution in [-0.4, -0.2) is 28.6 Å². The predicted molar refractivity (Wildman–Crippen MR) is 134 cm³/mol. The number of benzene rings is 2. The van der Waals surface area contributed by atoms with Crippen LogP contribution in [0.25, 0.3) is 11.1 Å². The second-order valence-electron chi connectivity index (χ2n) is 11.1. The van der Waals surface area contributed by atoms with E-state index < -0.39 is 8.32 Å². The highest BCUT2D eigenvalue weighted by Crippen LogP contribution is 2.42. The van der Waals surface area contributed by atoms with Gasteiger partial charge in [0.25, 0.3) is 0 Å². The van der Waals surface area contributed by atoms with Crippen molar-refractivity contribution in [1.82, 2.24) is 0 Å². The minimum absolute atomic E-state index is 0.139. The summed E-state index contributed by atoms with van der Waals surface area (Å²) in [6, 6.07) is 13.1. The Balaban J connectivity index is 2.52. The first-order valence-electron chi connectivity index (χ1n) is 11.4. The number of ether oxygens (including phenoxy) is 2. The molecule has 0 aliphatic heterocycles. The third-order valence-corrected chi connectivity index (χ3v) is 10.8. The van der Waals surface area contributed by atoms with Crippen LogP contribution in [0.5, 0.6) is 0 Å². The molecular formula is C27H41FO3Si. The number of halogens is 1. The van der Waals surface area contributed by atoms with Crippen LogP contribution in [0.4, 0.5) is 4.39 Å². The molecule has 5 heteroatoms. The molecule has 0 spiro atoms. The van der Waals surface area contributed by atoms with Gasteiger partial charge in [0, 0.05) is 12.7 Å². The normalized spacial score (nSPS) is 13.9. The third-order valence-electron chi connectivity index (χ3n) is 6.33. The van der Waals surface area contributed by atoms with Gasteiger partial charge >= 0.3 is 0 Å². The van der Waals surface area contributed by atoms with E-state index in [-0.39, 0.29) is 22.4 Å². The molecular weight excluding hydrogens is 419 g/mol. The molecule has 0 saturated heterocycles. The lowest BCUT2D eigenvalue weighted by molar-refractivity contribution is -0.0390. The summed E-state index contributed by atoms with van der Waals surface area (Å²) >= 11 is 0. The van der Waals surface area contributed by atoms with Crippen LogP contribution in [0.3, 0.4) is 0 Å². The maximum absolute atomic E-state index is 14.8. The maximum atomic E-state index is 14.8. The van der Waals surface area contributed by atoms with E-state index in [4.69, 9.17) is 13.9 Å². The van der Waals surface area contributed by atoms with Crippen molar-refractivity contribution in [2.24, 2.45) is 5.41 Å². The van der Waals surface area contributed by atoms with Crippen LogP contribution >= 0.6 is 0 Å². The number of hydrogen-bond acceptors (Lipinski definition) is 3. The van der Waals surface area contributed by atoms with Crippen LogP contribution in [0, 0.1) is 11.2 Å².